The van der Waals surface area contributed by atoms with E-state index in [9.17, 15) is 9.59 Å². The SMILES string of the molecule is Cc1cc(NC(=O)Nc2cc(Oc3ccc4nc(NC(=O)C5CC5)cn4n3)ccc2C)n(C)n1. The van der Waals surface area contributed by atoms with E-state index in [-0.39, 0.29) is 17.9 Å². The number of carbonyl (C=O) groups is 2. The predicted octanol–water partition coefficient (Wildman–Crippen LogP) is 3.86. The first kappa shape index (κ1) is 21.4. The zero-order chi connectivity index (χ0) is 23.8. The molecule has 1 saturated carbocycles. The molecule has 0 aliphatic heterocycles. The highest BCUT2D eigenvalue weighted by atomic mass is 16.5. The third-order valence-electron chi connectivity index (χ3n) is 5.42. The molecule has 5 rings (SSSR count). The van der Waals surface area contributed by atoms with Crippen LogP contribution in [-0.2, 0) is 11.8 Å². The molecule has 174 valence electrons. The van der Waals surface area contributed by atoms with E-state index < -0.39 is 0 Å². The Morgan fingerprint density at radius 3 is 2.59 bits per heavy atom. The molecule has 0 unspecified atom stereocenters. The summed E-state index contributed by atoms with van der Waals surface area (Å²) in [6, 6.07) is 10.2. The molecule has 3 amide bonds. The van der Waals surface area contributed by atoms with Crippen LogP contribution < -0.4 is 20.7 Å². The van der Waals surface area contributed by atoms with Crippen molar-refractivity contribution in [2.45, 2.75) is 26.7 Å². The molecule has 0 saturated heterocycles. The lowest BCUT2D eigenvalue weighted by molar-refractivity contribution is -0.117. The minimum Gasteiger partial charge on any atom is -0.438 e. The molecule has 0 radical (unpaired) electrons. The van der Waals surface area contributed by atoms with Gasteiger partial charge in [-0.05, 0) is 44.4 Å². The Labute approximate surface area is 195 Å². The Morgan fingerprint density at radius 2 is 1.85 bits per heavy atom. The third-order valence-corrected chi connectivity index (χ3v) is 5.42. The van der Waals surface area contributed by atoms with Crippen LogP contribution in [0.3, 0.4) is 0 Å². The van der Waals surface area contributed by atoms with E-state index in [2.05, 4.69) is 31.1 Å². The van der Waals surface area contributed by atoms with Gasteiger partial charge in [0, 0.05) is 36.9 Å². The van der Waals surface area contributed by atoms with Crippen molar-refractivity contribution < 1.29 is 14.3 Å². The maximum absolute atomic E-state index is 12.5. The summed E-state index contributed by atoms with van der Waals surface area (Å²) in [6.45, 7) is 3.75. The molecular formula is C23H24N8O3. The second-order valence-corrected chi connectivity index (χ2v) is 8.32. The van der Waals surface area contributed by atoms with Crippen molar-refractivity contribution in [3.8, 4) is 11.6 Å². The monoisotopic (exact) mass is 460 g/mol. The minimum atomic E-state index is -0.387. The van der Waals surface area contributed by atoms with E-state index in [1.165, 1.54) is 0 Å². The number of hydrogen-bond acceptors (Lipinski definition) is 6. The van der Waals surface area contributed by atoms with Crippen LogP contribution in [0.25, 0.3) is 5.65 Å². The number of carbonyl (C=O) groups excluding carboxylic acids is 2. The number of nitrogens with zero attached hydrogens (tertiary/aromatic N) is 5. The van der Waals surface area contributed by atoms with E-state index >= 15 is 0 Å². The summed E-state index contributed by atoms with van der Waals surface area (Å²) in [6.07, 6.45) is 3.50. The van der Waals surface area contributed by atoms with E-state index in [4.69, 9.17) is 4.74 Å². The van der Waals surface area contributed by atoms with Crippen LogP contribution in [0.4, 0.5) is 22.1 Å². The number of fused-ring (bicyclic) bond motifs is 1. The molecule has 34 heavy (non-hydrogen) atoms. The first-order valence-electron chi connectivity index (χ1n) is 10.9. The van der Waals surface area contributed by atoms with Crippen LogP contribution in [-0.4, -0.2) is 36.3 Å². The summed E-state index contributed by atoms with van der Waals surface area (Å²) in [4.78, 5) is 28.8. The molecule has 0 atom stereocenters. The van der Waals surface area contributed by atoms with Crippen LogP contribution in [0.15, 0.2) is 42.6 Å². The first-order valence-corrected chi connectivity index (χ1v) is 10.9. The summed E-state index contributed by atoms with van der Waals surface area (Å²) >= 11 is 0. The van der Waals surface area contributed by atoms with Gasteiger partial charge in [-0.3, -0.25) is 14.8 Å². The van der Waals surface area contributed by atoms with Gasteiger partial charge in [0.1, 0.15) is 11.6 Å². The lowest BCUT2D eigenvalue weighted by Crippen LogP contribution is -2.21. The fraction of sp³-hybridized carbons (Fsp3) is 0.261. The van der Waals surface area contributed by atoms with Crippen LogP contribution in [0, 0.1) is 19.8 Å². The van der Waals surface area contributed by atoms with Gasteiger partial charge in [-0.15, -0.1) is 5.10 Å². The highest BCUT2D eigenvalue weighted by Gasteiger charge is 2.30. The minimum absolute atomic E-state index is 0.0119. The quantitative estimate of drug-likeness (QED) is 0.401. The average Bonchev–Trinajstić information content (AvgIpc) is 3.49. The molecule has 1 aromatic carbocycles. The summed E-state index contributed by atoms with van der Waals surface area (Å²) < 4.78 is 9.06. The van der Waals surface area contributed by atoms with Crippen molar-refractivity contribution in [2.24, 2.45) is 13.0 Å². The van der Waals surface area contributed by atoms with Gasteiger partial charge in [0.05, 0.1) is 11.9 Å². The van der Waals surface area contributed by atoms with Gasteiger partial charge in [0.25, 0.3) is 0 Å². The molecule has 1 aliphatic carbocycles. The number of ether oxygens (including phenoxy) is 1. The van der Waals surface area contributed by atoms with Crippen molar-refractivity contribution in [3.05, 3.63) is 53.9 Å². The Morgan fingerprint density at radius 1 is 1.03 bits per heavy atom. The largest absolute Gasteiger partial charge is 0.438 e. The standard InChI is InChI=1S/C23H24N8O3/c1-13-4-7-16(11-17(13)24-23(33)27-20-10-14(2)28-30(20)3)34-21-9-8-19-25-18(12-31(19)29-21)26-22(32)15-5-6-15/h4,7-12,15H,5-6H2,1-3H3,(H,26,32)(H2,24,27,33). The number of urea groups is 1. The molecular weight excluding hydrogens is 436 g/mol. The highest BCUT2D eigenvalue weighted by Crippen LogP contribution is 2.30. The molecule has 11 nitrogen and oxygen atoms in total. The summed E-state index contributed by atoms with van der Waals surface area (Å²) in [5.41, 5.74) is 2.87. The normalized spacial score (nSPS) is 13.0. The average molecular weight is 460 g/mol. The highest BCUT2D eigenvalue weighted by molar-refractivity contribution is 5.99. The Kier molecular flexibility index (Phi) is 5.36. The Hall–Kier alpha value is -4.41. The lowest BCUT2D eigenvalue weighted by Gasteiger charge is -2.12. The van der Waals surface area contributed by atoms with Crippen LogP contribution in [0.5, 0.6) is 11.6 Å². The molecule has 3 aromatic heterocycles. The lowest BCUT2D eigenvalue weighted by atomic mass is 10.2. The molecule has 3 N–H and O–H groups in total. The van der Waals surface area contributed by atoms with E-state index in [1.54, 1.807) is 52.8 Å². The third kappa shape index (κ3) is 4.68. The van der Waals surface area contributed by atoms with Crippen molar-refractivity contribution in [1.82, 2.24) is 24.4 Å². The number of amides is 3. The molecule has 4 aromatic rings. The molecule has 11 heteroatoms. The number of imidazole rings is 1. The predicted molar refractivity (Wildman–Crippen MR) is 126 cm³/mol. The Balaban J connectivity index is 1.28. The van der Waals surface area contributed by atoms with Gasteiger partial charge < -0.3 is 15.4 Å². The van der Waals surface area contributed by atoms with Gasteiger partial charge in [0.2, 0.25) is 11.8 Å². The zero-order valence-corrected chi connectivity index (χ0v) is 19.0. The maximum Gasteiger partial charge on any atom is 0.324 e. The van der Waals surface area contributed by atoms with Crippen LogP contribution >= 0.6 is 0 Å². The number of anilines is 3. The van der Waals surface area contributed by atoms with Gasteiger partial charge >= 0.3 is 6.03 Å². The topological polar surface area (TPSA) is 127 Å². The number of hydrogen-bond donors (Lipinski definition) is 3. The van der Waals surface area contributed by atoms with Crippen molar-refractivity contribution in [1.29, 1.82) is 0 Å². The molecule has 3 heterocycles. The summed E-state index contributed by atoms with van der Waals surface area (Å²) in [5, 5.41) is 17.1. The summed E-state index contributed by atoms with van der Waals surface area (Å²) in [7, 11) is 1.76. The van der Waals surface area contributed by atoms with Gasteiger partial charge in [0.15, 0.2) is 11.5 Å². The number of benzene rings is 1. The second kappa shape index (κ2) is 8.50. The number of rotatable bonds is 6. The van der Waals surface area contributed by atoms with E-state index in [1.807, 2.05) is 19.9 Å². The summed E-state index contributed by atoms with van der Waals surface area (Å²) in [5.74, 6) is 1.98. The van der Waals surface area contributed by atoms with Crippen molar-refractivity contribution in [2.75, 3.05) is 16.0 Å². The van der Waals surface area contributed by atoms with Crippen molar-refractivity contribution in [3.63, 3.8) is 0 Å². The van der Waals surface area contributed by atoms with E-state index in [0.29, 0.717) is 34.6 Å². The first-order chi connectivity index (χ1) is 16.3. The molecule has 1 fully saturated rings. The maximum atomic E-state index is 12.5. The zero-order valence-electron chi connectivity index (χ0n) is 19.0. The molecule has 0 spiro atoms. The van der Waals surface area contributed by atoms with Gasteiger partial charge in [-0.25, -0.2) is 14.3 Å². The van der Waals surface area contributed by atoms with Crippen molar-refractivity contribution >= 4 is 34.9 Å². The molecule has 0 bridgehead atoms. The smallest absolute Gasteiger partial charge is 0.324 e. The number of nitrogens with one attached hydrogen (secondary N) is 3. The fourth-order valence-corrected chi connectivity index (χ4v) is 3.47. The van der Waals surface area contributed by atoms with Crippen LogP contribution in [0.2, 0.25) is 0 Å². The van der Waals surface area contributed by atoms with Crippen LogP contribution in [0.1, 0.15) is 24.1 Å². The van der Waals surface area contributed by atoms with Gasteiger partial charge in [-0.1, -0.05) is 6.07 Å². The number of aryl methyl sites for hydroxylation is 3. The molecule has 1 aliphatic rings. The Bertz CT molecular complexity index is 1400. The second-order valence-electron chi connectivity index (χ2n) is 8.32. The fourth-order valence-electron chi connectivity index (χ4n) is 3.47. The number of aromatic nitrogens is 5. The van der Waals surface area contributed by atoms with Gasteiger partial charge in [-0.2, -0.15) is 5.10 Å². The van der Waals surface area contributed by atoms with E-state index in [0.717, 1.165) is 24.1 Å².